The molecule has 1 aliphatic rings. The fourth-order valence-electron chi connectivity index (χ4n) is 2.98. The van der Waals surface area contributed by atoms with E-state index in [1.54, 1.807) is 6.07 Å². The molecule has 0 atom stereocenters. The molecule has 0 spiro atoms. The highest BCUT2D eigenvalue weighted by atomic mass is 16.1. The number of carbonyl (C=O) groups excluding carboxylic acids is 1. The molecule has 0 aliphatic carbocycles. The molecule has 3 N–H and O–H groups in total. The lowest BCUT2D eigenvalue weighted by molar-refractivity contribution is 0.102. The normalized spacial score (nSPS) is 14.6. The molecule has 2 aromatic rings. The van der Waals surface area contributed by atoms with Gasteiger partial charge in [-0.05, 0) is 56.5 Å². The lowest BCUT2D eigenvalue weighted by Crippen LogP contribution is -2.31. The Morgan fingerprint density at radius 3 is 2.43 bits per heavy atom. The first-order valence-electron chi connectivity index (χ1n) is 8.16. The van der Waals surface area contributed by atoms with E-state index in [4.69, 9.17) is 5.73 Å². The smallest absolute Gasteiger partial charge is 0.257 e. The molecule has 4 nitrogen and oxygen atoms in total. The average Bonchev–Trinajstić information content (AvgIpc) is 2.57. The monoisotopic (exact) mass is 309 g/mol. The van der Waals surface area contributed by atoms with E-state index >= 15 is 0 Å². The summed E-state index contributed by atoms with van der Waals surface area (Å²) in [6.45, 7) is 4.02. The summed E-state index contributed by atoms with van der Waals surface area (Å²) in [6.07, 6.45) is 3.60. The van der Waals surface area contributed by atoms with Crippen molar-refractivity contribution in [1.82, 2.24) is 0 Å². The SMILES string of the molecule is Cc1ccc(NC(=O)c2cc(N)ccc2N2CCCCC2)cc1. The van der Waals surface area contributed by atoms with E-state index in [0.29, 0.717) is 11.3 Å². The summed E-state index contributed by atoms with van der Waals surface area (Å²) in [4.78, 5) is 15.0. The average molecular weight is 309 g/mol. The number of hydrogen-bond acceptors (Lipinski definition) is 3. The first-order chi connectivity index (χ1) is 11.1. The maximum absolute atomic E-state index is 12.7. The van der Waals surface area contributed by atoms with Crippen LogP contribution in [0.2, 0.25) is 0 Å². The van der Waals surface area contributed by atoms with Crippen LogP contribution in [0.1, 0.15) is 35.2 Å². The lowest BCUT2D eigenvalue weighted by atomic mass is 10.1. The number of nitrogen functional groups attached to an aromatic ring is 1. The number of hydrogen-bond donors (Lipinski definition) is 2. The zero-order valence-electron chi connectivity index (χ0n) is 13.5. The number of nitrogens with one attached hydrogen (secondary N) is 1. The fourth-order valence-corrected chi connectivity index (χ4v) is 2.98. The van der Waals surface area contributed by atoms with Crippen LogP contribution < -0.4 is 16.0 Å². The van der Waals surface area contributed by atoms with Crippen molar-refractivity contribution in [2.75, 3.05) is 29.0 Å². The predicted octanol–water partition coefficient (Wildman–Crippen LogP) is 3.82. The molecular formula is C19H23N3O. The zero-order valence-corrected chi connectivity index (χ0v) is 13.5. The summed E-state index contributed by atoms with van der Waals surface area (Å²) in [5, 5.41) is 2.97. The fraction of sp³-hybridized carbons (Fsp3) is 0.316. The van der Waals surface area contributed by atoms with Gasteiger partial charge in [0.05, 0.1) is 5.56 Å². The van der Waals surface area contributed by atoms with Crippen molar-refractivity contribution in [3.8, 4) is 0 Å². The van der Waals surface area contributed by atoms with Gasteiger partial charge in [-0.3, -0.25) is 4.79 Å². The Morgan fingerprint density at radius 2 is 1.74 bits per heavy atom. The number of nitrogens with zero attached hydrogens (tertiary/aromatic N) is 1. The van der Waals surface area contributed by atoms with Crippen LogP contribution in [0.15, 0.2) is 42.5 Å². The maximum atomic E-state index is 12.7. The Morgan fingerprint density at radius 1 is 1.04 bits per heavy atom. The molecule has 0 radical (unpaired) electrons. The van der Waals surface area contributed by atoms with E-state index in [9.17, 15) is 4.79 Å². The standard InChI is InChI=1S/C19H23N3O/c1-14-5-8-16(9-6-14)21-19(23)17-13-15(20)7-10-18(17)22-11-3-2-4-12-22/h5-10,13H,2-4,11-12,20H2,1H3,(H,21,23). The van der Waals surface area contributed by atoms with Crippen molar-refractivity contribution in [2.45, 2.75) is 26.2 Å². The molecule has 120 valence electrons. The third-order valence-corrected chi connectivity index (χ3v) is 4.27. The summed E-state index contributed by atoms with van der Waals surface area (Å²) < 4.78 is 0. The number of anilines is 3. The van der Waals surface area contributed by atoms with Crippen LogP contribution in [-0.4, -0.2) is 19.0 Å². The first kappa shape index (κ1) is 15.4. The molecule has 0 bridgehead atoms. The van der Waals surface area contributed by atoms with Crippen molar-refractivity contribution in [3.05, 3.63) is 53.6 Å². The number of amides is 1. The van der Waals surface area contributed by atoms with Gasteiger partial charge < -0.3 is 16.0 Å². The number of piperidine rings is 1. The van der Waals surface area contributed by atoms with Gasteiger partial charge in [0, 0.05) is 30.2 Å². The van der Waals surface area contributed by atoms with Crippen LogP contribution >= 0.6 is 0 Å². The minimum absolute atomic E-state index is 0.110. The Labute approximate surface area is 137 Å². The Kier molecular flexibility index (Phi) is 4.51. The Balaban J connectivity index is 1.86. The summed E-state index contributed by atoms with van der Waals surface area (Å²) in [5.74, 6) is -0.110. The number of benzene rings is 2. The highest BCUT2D eigenvalue weighted by Gasteiger charge is 2.19. The van der Waals surface area contributed by atoms with Gasteiger partial charge >= 0.3 is 0 Å². The summed E-state index contributed by atoms with van der Waals surface area (Å²) in [5.41, 5.74) is 10.1. The topological polar surface area (TPSA) is 58.4 Å². The van der Waals surface area contributed by atoms with E-state index < -0.39 is 0 Å². The molecular weight excluding hydrogens is 286 g/mol. The number of carbonyl (C=O) groups is 1. The lowest BCUT2D eigenvalue weighted by Gasteiger charge is -2.30. The quantitative estimate of drug-likeness (QED) is 0.847. The maximum Gasteiger partial charge on any atom is 0.257 e. The van der Waals surface area contributed by atoms with Crippen LogP contribution in [0.5, 0.6) is 0 Å². The number of aryl methyl sites for hydroxylation is 1. The van der Waals surface area contributed by atoms with Crippen LogP contribution in [-0.2, 0) is 0 Å². The molecule has 3 rings (SSSR count). The van der Waals surface area contributed by atoms with E-state index in [-0.39, 0.29) is 5.91 Å². The van der Waals surface area contributed by atoms with Gasteiger partial charge in [0.25, 0.3) is 5.91 Å². The van der Waals surface area contributed by atoms with Gasteiger partial charge in [-0.1, -0.05) is 17.7 Å². The van der Waals surface area contributed by atoms with Crippen molar-refractivity contribution >= 4 is 23.0 Å². The van der Waals surface area contributed by atoms with Gasteiger partial charge in [-0.25, -0.2) is 0 Å². The molecule has 4 heteroatoms. The molecule has 1 saturated heterocycles. The van der Waals surface area contributed by atoms with Crippen LogP contribution in [0.3, 0.4) is 0 Å². The number of nitrogens with two attached hydrogens (primary N) is 1. The highest BCUT2D eigenvalue weighted by molar-refractivity contribution is 6.08. The Hall–Kier alpha value is -2.49. The van der Waals surface area contributed by atoms with E-state index in [1.807, 2.05) is 43.3 Å². The second-order valence-electron chi connectivity index (χ2n) is 6.14. The zero-order chi connectivity index (χ0) is 16.2. The molecule has 0 aromatic heterocycles. The summed E-state index contributed by atoms with van der Waals surface area (Å²) >= 11 is 0. The van der Waals surface area contributed by atoms with E-state index in [1.165, 1.54) is 24.8 Å². The molecule has 1 aliphatic heterocycles. The van der Waals surface area contributed by atoms with Gasteiger partial charge in [0.1, 0.15) is 0 Å². The van der Waals surface area contributed by atoms with Gasteiger partial charge in [0.15, 0.2) is 0 Å². The third kappa shape index (κ3) is 3.65. The summed E-state index contributed by atoms with van der Waals surface area (Å²) in [6, 6.07) is 13.4. The molecule has 1 amide bonds. The van der Waals surface area contributed by atoms with Crippen molar-refractivity contribution in [1.29, 1.82) is 0 Å². The van der Waals surface area contributed by atoms with Crippen molar-refractivity contribution < 1.29 is 4.79 Å². The number of rotatable bonds is 3. The second-order valence-corrected chi connectivity index (χ2v) is 6.14. The minimum atomic E-state index is -0.110. The van der Waals surface area contributed by atoms with Crippen LogP contribution in [0, 0.1) is 6.92 Å². The molecule has 23 heavy (non-hydrogen) atoms. The van der Waals surface area contributed by atoms with E-state index in [2.05, 4.69) is 10.2 Å². The van der Waals surface area contributed by atoms with Gasteiger partial charge in [0.2, 0.25) is 0 Å². The molecule has 0 unspecified atom stereocenters. The molecule has 2 aromatic carbocycles. The van der Waals surface area contributed by atoms with Gasteiger partial charge in [-0.15, -0.1) is 0 Å². The Bertz CT molecular complexity index is 688. The molecule has 1 heterocycles. The minimum Gasteiger partial charge on any atom is -0.399 e. The highest BCUT2D eigenvalue weighted by Crippen LogP contribution is 2.27. The van der Waals surface area contributed by atoms with Crippen molar-refractivity contribution in [3.63, 3.8) is 0 Å². The molecule has 0 saturated carbocycles. The molecule has 1 fully saturated rings. The predicted molar refractivity (Wildman–Crippen MR) is 96.1 cm³/mol. The summed E-state index contributed by atoms with van der Waals surface area (Å²) in [7, 11) is 0. The van der Waals surface area contributed by atoms with Crippen LogP contribution in [0.25, 0.3) is 0 Å². The van der Waals surface area contributed by atoms with E-state index in [0.717, 1.165) is 24.5 Å². The van der Waals surface area contributed by atoms with Crippen LogP contribution in [0.4, 0.5) is 17.1 Å². The first-order valence-corrected chi connectivity index (χ1v) is 8.16. The largest absolute Gasteiger partial charge is 0.399 e. The van der Waals surface area contributed by atoms with Crippen molar-refractivity contribution in [2.24, 2.45) is 0 Å². The van der Waals surface area contributed by atoms with Gasteiger partial charge in [-0.2, -0.15) is 0 Å². The second kappa shape index (κ2) is 6.73. The third-order valence-electron chi connectivity index (χ3n) is 4.27.